The summed E-state index contributed by atoms with van der Waals surface area (Å²) in [6.07, 6.45) is 3.17. The van der Waals surface area contributed by atoms with E-state index in [1.807, 2.05) is 24.3 Å². The standard InChI is InChI=1S/C18H13Br2FN4O/c19-14-5-1-13(2-6-14)10-25-11-16(20)17(24-25)18(26)23-22-9-12-3-7-15(21)8-4-12/h1-9,11H,10H2,(H,23,26)/b22-9-. The first-order chi connectivity index (χ1) is 12.5. The highest BCUT2D eigenvalue weighted by molar-refractivity contribution is 9.10. The van der Waals surface area contributed by atoms with Gasteiger partial charge in [-0.2, -0.15) is 10.2 Å². The minimum Gasteiger partial charge on any atom is -0.266 e. The van der Waals surface area contributed by atoms with Crippen LogP contribution in [0.1, 0.15) is 21.6 Å². The molecule has 0 aliphatic carbocycles. The number of nitrogens with one attached hydrogen (secondary N) is 1. The molecule has 0 spiro atoms. The lowest BCUT2D eigenvalue weighted by Crippen LogP contribution is -2.19. The van der Waals surface area contributed by atoms with Crippen molar-refractivity contribution in [2.45, 2.75) is 6.54 Å². The van der Waals surface area contributed by atoms with Gasteiger partial charge in [-0.05, 0) is 51.3 Å². The van der Waals surface area contributed by atoms with Crippen molar-refractivity contribution in [2.24, 2.45) is 5.10 Å². The van der Waals surface area contributed by atoms with Gasteiger partial charge in [-0.25, -0.2) is 9.82 Å². The van der Waals surface area contributed by atoms with Crippen LogP contribution in [0.25, 0.3) is 0 Å². The molecule has 1 aromatic heterocycles. The Hall–Kier alpha value is -2.32. The van der Waals surface area contributed by atoms with Crippen molar-refractivity contribution >= 4 is 44.0 Å². The summed E-state index contributed by atoms with van der Waals surface area (Å²) in [5, 5.41) is 8.16. The van der Waals surface area contributed by atoms with Crippen LogP contribution >= 0.6 is 31.9 Å². The number of amides is 1. The third-order valence-electron chi connectivity index (χ3n) is 3.44. The third-order valence-corrected chi connectivity index (χ3v) is 4.55. The van der Waals surface area contributed by atoms with E-state index in [4.69, 9.17) is 0 Å². The summed E-state index contributed by atoms with van der Waals surface area (Å²) < 4.78 is 16.1. The van der Waals surface area contributed by atoms with Crippen LogP contribution in [-0.4, -0.2) is 21.9 Å². The van der Waals surface area contributed by atoms with Crippen molar-refractivity contribution in [3.8, 4) is 0 Å². The molecule has 5 nitrogen and oxygen atoms in total. The van der Waals surface area contributed by atoms with Crippen molar-refractivity contribution in [1.82, 2.24) is 15.2 Å². The first-order valence-electron chi connectivity index (χ1n) is 7.57. The van der Waals surface area contributed by atoms with Crippen LogP contribution in [0.15, 0.2) is 68.8 Å². The maximum absolute atomic E-state index is 12.8. The Bertz CT molecular complexity index is 937. The van der Waals surface area contributed by atoms with Crippen LogP contribution in [-0.2, 0) is 6.54 Å². The summed E-state index contributed by atoms with van der Waals surface area (Å²) >= 11 is 6.74. The normalized spacial score (nSPS) is 11.0. The van der Waals surface area contributed by atoms with E-state index in [1.54, 1.807) is 23.0 Å². The highest BCUT2D eigenvalue weighted by Crippen LogP contribution is 2.17. The largest absolute Gasteiger partial charge is 0.293 e. The zero-order valence-electron chi connectivity index (χ0n) is 13.4. The number of carbonyl (C=O) groups is 1. The lowest BCUT2D eigenvalue weighted by molar-refractivity contribution is 0.0948. The van der Waals surface area contributed by atoms with Crippen LogP contribution < -0.4 is 5.43 Å². The second-order valence-electron chi connectivity index (χ2n) is 5.40. The smallest absolute Gasteiger partial charge is 0.266 e. The number of hydrogen-bond acceptors (Lipinski definition) is 3. The maximum atomic E-state index is 12.8. The van der Waals surface area contributed by atoms with E-state index >= 15 is 0 Å². The molecule has 3 aromatic rings. The number of benzene rings is 2. The molecule has 2 aromatic carbocycles. The van der Waals surface area contributed by atoms with Crippen molar-refractivity contribution in [1.29, 1.82) is 0 Å². The summed E-state index contributed by atoms with van der Waals surface area (Å²) in [7, 11) is 0. The van der Waals surface area contributed by atoms with Gasteiger partial charge in [0.15, 0.2) is 5.69 Å². The van der Waals surface area contributed by atoms with E-state index in [-0.39, 0.29) is 11.5 Å². The molecule has 0 fully saturated rings. The molecule has 132 valence electrons. The van der Waals surface area contributed by atoms with Crippen LogP contribution in [0.4, 0.5) is 4.39 Å². The summed E-state index contributed by atoms with van der Waals surface area (Å²) in [6.45, 7) is 0.540. The lowest BCUT2D eigenvalue weighted by Gasteiger charge is -2.02. The average molecular weight is 480 g/mol. The molecule has 0 saturated heterocycles. The Labute approximate surface area is 166 Å². The van der Waals surface area contributed by atoms with Gasteiger partial charge in [-0.3, -0.25) is 9.48 Å². The highest BCUT2D eigenvalue weighted by atomic mass is 79.9. The van der Waals surface area contributed by atoms with E-state index < -0.39 is 5.91 Å². The Morgan fingerprint density at radius 2 is 1.85 bits per heavy atom. The fourth-order valence-electron chi connectivity index (χ4n) is 2.18. The summed E-state index contributed by atoms with van der Waals surface area (Å²) in [6, 6.07) is 13.6. The molecule has 0 aliphatic rings. The average Bonchev–Trinajstić information content (AvgIpc) is 2.99. The van der Waals surface area contributed by atoms with Gasteiger partial charge in [0, 0.05) is 10.7 Å². The first kappa shape index (κ1) is 18.5. The zero-order valence-corrected chi connectivity index (χ0v) is 16.5. The highest BCUT2D eigenvalue weighted by Gasteiger charge is 2.14. The van der Waals surface area contributed by atoms with Crippen LogP contribution in [0.5, 0.6) is 0 Å². The van der Waals surface area contributed by atoms with Gasteiger partial charge >= 0.3 is 0 Å². The molecule has 0 atom stereocenters. The number of rotatable bonds is 5. The predicted molar refractivity (Wildman–Crippen MR) is 105 cm³/mol. The molecule has 26 heavy (non-hydrogen) atoms. The van der Waals surface area contributed by atoms with Crippen molar-refractivity contribution in [2.75, 3.05) is 0 Å². The van der Waals surface area contributed by atoms with Gasteiger partial charge in [0.2, 0.25) is 0 Å². The van der Waals surface area contributed by atoms with Gasteiger partial charge in [-0.15, -0.1) is 0 Å². The quantitative estimate of drug-likeness (QED) is 0.436. The Morgan fingerprint density at radius 3 is 2.54 bits per heavy atom. The van der Waals surface area contributed by atoms with Gasteiger partial charge in [0.05, 0.1) is 17.2 Å². The monoisotopic (exact) mass is 478 g/mol. The number of carbonyl (C=O) groups excluding carboxylic acids is 1. The van der Waals surface area contributed by atoms with Crippen LogP contribution in [0.2, 0.25) is 0 Å². The summed E-state index contributed by atoms with van der Waals surface area (Å²) in [5.41, 5.74) is 4.38. The minimum absolute atomic E-state index is 0.235. The third kappa shape index (κ3) is 4.86. The summed E-state index contributed by atoms with van der Waals surface area (Å²) in [4.78, 5) is 12.2. The molecule has 0 aliphatic heterocycles. The van der Waals surface area contributed by atoms with Crippen molar-refractivity contribution < 1.29 is 9.18 Å². The van der Waals surface area contributed by atoms with E-state index in [0.29, 0.717) is 16.6 Å². The molecule has 1 N–H and O–H groups in total. The molecular formula is C18H13Br2FN4O. The number of hydrazone groups is 1. The fourth-order valence-corrected chi connectivity index (χ4v) is 2.94. The molecule has 0 saturated carbocycles. The predicted octanol–water partition coefficient (Wildman–Crippen LogP) is 4.36. The molecule has 0 unspecified atom stereocenters. The molecule has 8 heteroatoms. The SMILES string of the molecule is O=C(N/N=C\c1ccc(F)cc1)c1nn(Cc2ccc(Br)cc2)cc1Br. The first-order valence-corrected chi connectivity index (χ1v) is 9.16. The number of nitrogens with zero attached hydrogens (tertiary/aromatic N) is 3. The Balaban J connectivity index is 1.65. The number of aromatic nitrogens is 2. The molecule has 1 heterocycles. The van der Waals surface area contributed by atoms with Crippen molar-refractivity contribution in [3.05, 3.63) is 86.3 Å². The Kier molecular flexibility index (Phi) is 5.95. The topological polar surface area (TPSA) is 59.3 Å². The second-order valence-corrected chi connectivity index (χ2v) is 7.17. The molecular weight excluding hydrogens is 467 g/mol. The fraction of sp³-hybridized carbons (Fsp3) is 0.0556. The number of halogens is 3. The molecule has 0 bridgehead atoms. The van der Waals surface area contributed by atoms with Gasteiger partial charge in [0.25, 0.3) is 5.91 Å². The summed E-state index contributed by atoms with van der Waals surface area (Å²) in [5.74, 6) is -0.767. The zero-order chi connectivity index (χ0) is 18.5. The van der Waals surface area contributed by atoms with Crippen molar-refractivity contribution in [3.63, 3.8) is 0 Å². The molecule has 3 rings (SSSR count). The van der Waals surface area contributed by atoms with Crippen LogP contribution in [0, 0.1) is 5.82 Å². The van der Waals surface area contributed by atoms with E-state index in [1.165, 1.54) is 18.3 Å². The van der Waals surface area contributed by atoms with E-state index in [2.05, 4.69) is 47.5 Å². The van der Waals surface area contributed by atoms with Gasteiger partial charge in [-0.1, -0.05) is 40.2 Å². The van der Waals surface area contributed by atoms with E-state index in [9.17, 15) is 9.18 Å². The second kappa shape index (κ2) is 8.37. The van der Waals surface area contributed by atoms with Gasteiger partial charge < -0.3 is 0 Å². The molecule has 0 radical (unpaired) electrons. The molecule has 1 amide bonds. The Morgan fingerprint density at radius 1 is 1.15 bits per heavy atom. The van der Waals surface area contributed by atoms with Gasteiger partial charge in [0.1, 0.15) is 5.82 Å². The van der Waals surface area contributed by atoms with E-state index in [0.717, 1.165) is 10.0 Å². The lowest BCUT2D eigenvalue weighted by atomic mass is 10.2. The minimum atomic E-state index is -0.440. The maximum Gasteiger partial charge on any atom is 0.293 e. The van der Waals surface area contributed by atoms with Crippen LogP contribution in [0.3, 0.4) is 0 Å². The number of hydrogen-bond donors (Lipinski definition) is 1.